The number of hydrogen-bond donors (Lipinski definition) is 2. The Labute approximate surface area is 241 Å². The Bertz CT molecular complexity index is 1220. The van der Waals surface area contributed by atoms with Crippen molar-refractivity contribution in [1.82, 2.24) is 15.5 Å². The summed E-state index contributed by atoms with van der Waals surface area (Å²) in [5.74, 6) is -2.56. The second-order valence-electron chi connectivity index (χ2n) is 8.21. The summed E-state index contributed by atoms with van der Waals surface area (Å²) in [6.07, 6.45) is -1.08. The normalized spacial score (nSPS) is 20.9. The molecule has 2 saturated heterocycles. The fraction of sp³-hybridized carbons (Fsp3) is 0.391. The molecule has 4 atom stereocenters. The first-order chi connectivity index (χ1) is 18.3. The molecule has 0 radical (unpaired) electrons. The zero-order chi connectivity index (χ0) is 28.9. The summed E-state index contributed by atoms with van der Waals surface area (Å²) in [5, 5.41) is 13.4. The second kappa shape index (κ2) is 12.8. The van der Waals surface area contributed by atoms with Gasteiger partial charge >= 0.3 is 18.0 Å². The average molecular weight is 620 g/mol. The molecule has 39 heavy (non-hydrogen) atoms. The number of thioether (sulfide) groups is 1. The highest BCUT2D eigenvalue weighted by molar-refractivity contribution is 8.00. The van der Waals surface area contributed by atoms with Crippen LogP contribution in [0.5, 0.6) is 0 Å². The molecular weight excluding hydrogens is 599 g/mol. The van der Waals surface area contributed by atoms with Crippen molar-refractivity contribution in [3.63, 3.8) is 0 Å². The van der Waals surface area contributed by atoms with E-state index in [1.165, 1.54) is 40.9 Å². The predicted molar refractivity (Wildman–Crippen MR) is 139 cm³/mol. The van der Waals surface area contributed by atoms with Crippen LogP contribution >= 0.6 is 46.6 Å². The number of fused-ring (bicyclic) bond motifs is 1. The number of hydrogen-bond acceptors (Lipinski definition) is 10. The van der Waals surface area contributed by atoms with Gasteiger partial charge in [0.2, 0.25) is 22.4 Å². The maximum absolute atomic E-state index is 13.3. The van der Waals surface area contributed by atoms with E-state index in [4.69, 9.17) is 49.5 Å². The molecule has 2 aliphatic rings. The number of alkyl halides is 3. The fourth-order valence-electron chi connectivity index (χ4n) is 3.66. The number of nitriles is 1. The number of β-lactam (4-membered cyclic amide) rings is 1. The molecule has 2 unspecified atom stereocenters. The highest BCUT2D eigenvalue weighted by atomic mass is 35.6. The smallest absolute Gasteiger partial charge is 0.408 e. The highest BCUT2D eigenvalue weighted by Crippen LogP contribution is 2.40. The monoisotopic (exact) mass is 618 g/mol. The minimum atomic E-state index is -1.89. The molecule has 2 fully saturated rings. The van der Waals surface area contributed by atoms with E-state index in [1.807, 2.05) is 6.07 Å². The topological polar surface area (TPSA) is 164 Å². The van der Waals surface area contributed by atoms with Crippen LogP contribution in [-0.2, 0) is 33.4 Å². The summed E-state index contributed by atoms with van der Waals surface area (Å²) >= 11 is 18.1. The predicted octanol–water partition coefficient (Wildman–Crippen LogP) is 2.08. The lowest BCUT2D eigenvalue weighted by molar-refractivity contribution is -0.174. The van der Waals surface area contributed by atoms with Gasteiger partial charge in [-0.15, -0.1) is 11.8 Å². The molecule has 12 nitrogen and oxygen atoms in total. The number of carbonyl (C=O) groups is 5. The maximum atomic E-state index is 13.3. The number of ether oxygens (including phenoxy) is 3. The number of amides is 3. The standard InChI is InChI=1S/C23H21Cl3N4O8S/c1-11-8-39-20-16(19(33)30(20)17(11)21(34)38-10-37-12(2)31)28-18(32)15(14-5-3-13(7-27)4-6-14)29-22(35)36-9-23(24,25)26/h3-6,15-17,20H,1,8-10H2,2H3,(H,28,32)(H,29,35)/t15?,16-,17?,20-/m0/s1. The number of nitrogens with one attached hydrogen (secondary N) is 2. The third-order valence-corrected chi connectivity index (χ3v) is 7.14. The SMILES string of the molecule is C=C1CS[C@H]2[C@@H](NC(=O)C(NC(=O)OCC(Cl)(Cl)Cl)c3ccc(C#N)cc3)C(=O)N2C1C(=O)OCOC(C)=O. The lowest BCUT2D eigenvalue weighted by Crippen LogP contribution is -2.75. The van der Waals surface area contributed by atoms with Gasteiger partial charge in [0.15, 0.2) is 6.04 Å². The van der Waals surface area contributed by atoms with Crippen LogP contribution in [0.1, 0.15) is 24.1 Å². The van der Waals surface area contributed by atoms with Crippen LogP contribution in [0.4, 0.5) is 4.79 Å². The summed E-state index contributed by atoms with van der Waals surface area (Å²) in [4.78, 5) is 63.4. The Morgan fingerprint density at radius 1 is 1.21 bits per heavy atom. The van der Waals surface area contributed by atoms with E-state index in [9.17, 15) is 24.0 Å². The van der Waals surface area contributed by atoms with E-state index >= 15 is 0 Å². The third kappa shape index (κ3) is 7.69. The molecule has 0 bridgehead atoms. The second-order valence-corrected chi connectivity index (χ2v) is 11.8. The lowest BCUT2D eigenvalue weighted by atomic mass is 9.97. The first kappa shape index (κ1) is 30.4. The number of nitrogens with zero attached hydrogens (tertiary/aromatic N) is 2. The van der Waals surface area contributed by atoms with Crippen LogP contribution in [0.15, 0.2) is 36.4 Å². The van der Waals surface area contributed by atoms with Gasteiger partial charge in [-0.1, -0.05) is 53.5 Å². The van der Waals surface area contributed by atoms with Crippen LogP contribution in [-0.4, -0.2) is 75.1 Å². The molecule has 3 amide bonds. The van der Waals surface area contributed by atoms with Gasteiger partial charge in [-0.2, -0.15) is 5.26 Å². The van der Waals surface area contributed by atoms with Crippen molar-refractivity contribution in [3.8, 4) is 6.07 Å². The van der Waals surface area contributed by atoms with Gasteiger partial charge in [-0.25, -0.2) is 9.59 Å². The molecule has 1 aromatic rings. The van der Waals surface area contributed by atoms with E-state index in [0.717, 1.165) is 6.92 Å². The van der Waals surface area contributed by atoms with Gasteiger partial charge in [0, 0.05) is 12.7 Å². The van der Waals surface area contributed by atoms with Crippen molar-refractivity contribution in [2.24, 2.45) is 0 Å². The largest absolute Gasteiger partial charge is 0.445 e. The summed E-state index contributed by atoms with van der Waals surface area (Å²) in [5.41, 5.74) is 0.987. The van der Waals surface area contributed by atoms with Crippen LogP contribution in [0.2, 0.25) is 0 Å². The molecule has 2 heterocycles. The van der Waals surface area contributed by atoms with Crippen molar-refractivity contribution >= 4 is 76.4 Å². The fourth-order valence-corrected chi connectivity index (χ4v) is 5.13. The number of carbonyl (C=O) groups excluding carboxylic acids is 5. The Hall–Kier alpha value is -3.18. The van der Waals surface area contributed by atoms with Gasteiger partial charge in [0.1, 0.15) is 24.1 Å². The first-order valence-electron chi connectivity index (χ1n) is 11.0. The maximum Gasteiger partial charge on any atom is 0.408 e. The molecule has 16 heteroatoms. The molecule has 0 aliphatic carbocycles. The number of esters is 2. The number of halogens is 3. The summed E-state index contributed by atoms with van der Waals surface area (Å²) in [6.45, 7) is 3.75. The molecule has 2 N–H and O–H groups in total. The van der Waals surface area contributed by atoms with Gasteiger partial charge in [0.25, 0.3) is 0 Å². The molecule has 0 spiro atoms. The number of rotatable bonds is 8. The minimum Gasteiger partial charge on any atom is -0.445 e. The lowest BCUT2D eigenvalue weighted by Gasteiger charge is -2.52. The van der Waals surface area contributed by atoms with Crippen LogP contribution in [0.25, 0.3) is 0 Å². The summed E-state index contributed by atoms with van der Waals surface area (Å²) in [7, 11) is 0. The van der Waals surface area contributed by atoms with Crippen molar-refractivity contribution in [1.29, 1.82) is 5.26 Å². The highest BCUT2D eigenvalue weighted by Gasteiger charge is 2.56. The van der Waals surface area contributed by atoms with Crippen LogP contribution in [0.3, 0.4) is 0 Å². The third-order valence-electron chi connectivity index (χ3n) is 5.43. The van der Waals surface area contributed by atoms with Gasteiger partial charge in [-0.05, 0) is 23.3 Å². The molecule has 208 valence electrons. The summed E-state index contributed by atoms with van der Waals surface area (Å²) < 4.78 is 12.5. The van der Waals surface area contributed by atoms with Crippen LogP contribution in [0, 0.1) is 11.3 Å². The minimum absolute atomic E-state index is 0.276. The molecule has 2 aliphatic heterocycles. The van der Waals surface area contributed by atoms with E-state index in [-0.39, 0.29) is 11.3 Å². The Balaban J connectivity index is 1.73. The molecule has 1 aromatic carbocycles. The number of benzene rings is 1. The zero-order valence-electron chi connectivity index (χ0n) is 20.1. The molecule has 0 saturated carbocycles. The van der Waals surface area contributed by atoms with Crippen molar-refractivity contribution in [3.05, 3.63) is 47.5 Å². The van der Waals surface area contributed by atoms with Crippen LogP contribution < -0.4 is 10.6 Å². The van der Waals surface area contributed by atoms with Crippen molar-refractivity contribution in [2.75, 3.05) is 19.2 Å². The summed E-state index contributed by atoms with van der Waals surface area (Å²) in [6, 6.07) is 4.19. The molecule has 3 rings (SSSR count). The number of alkyl carbamates (subject to hydrolysis) is 1. The van der Waals surface area contributed by atoms with Crippen molar-refractivity contribution in [2.45, 2.75) is 34.2 Å². The van der Waals surface area contributed by atoms with E-state index in [1.54, 1.807) is 0 Å². The van der Waals surface area contributed by atoms with E-state index in [2.05, 4.69) is 21.9 Å². The van der Waals surface area contributed by atoms with Gasteiger partial charge in [0.05, 0.1) is 11.6 Å². The first-order valence-corrected chi connectivity index (χ1v) is 13.2. The van der Waals surface area contributed by atoms with Gasteiger partial charge < -0.3 is 29.7 Å². The average Bonchev–Trinajstić information content (AvgIpc) is 2.88. The van der Waals surface area contributed by atoms with E-state index < -0.39 is 70.5 Å². The Morgan fingerprint density at radius 2 is 1.87 bits per heavy atom. The Kier molecular flexibility index (Phi) is 9.95. The quantitative estimate of drug-likeness (QED) is 0.145. The van der Waals surface area contributed by atoms with E-state index in [0.29, 0.717) is 11.1 Å². The molecule has 0 aromatic heterocycles. The van der Waals surface area contributed by atoms with Gasteiger partial charge in [-0.3, -0.25) is 14.4 Å². The van der Waals surface area contributed by atoms with Crippen molar-refractivity contribution < 1.29 is 38.2 Å². The Morgan fingerprint density at radius 3 is 2.46 bits per heavy atom. The molecular formula is C23H21Cl3N4O8S. The zero-order valence-corrected chi connectivity index (χ0v) is 23.2.